The van der Waals surface area contributed by atoms with Crippen molar-refractivity contribution in [1.82, 2.24) is 14.7 Å². The summed E-state index contributed by atoms with van der Waals surface area (Å²) in [5, 5.41) is 5.00. The first-order chi connectivity index (χ1) is 17.9. The second-order valence-electron chi connectivity index (χ2n) is 9.51. The number of thioether (sulfide) groups is 1. The number of amides is 1. The maximum absolute atomic E-state index is 13.4. The zero-order valence-electron chi connectivity index (χ0n) is 21.2. The van der Waals surface area contributed by atoms with E-state index in [1.165, 1.54) is 22.9 Å². The molecule has 37 heavy (non-hydrogen) atoms. The first kappa shape index (κ1) is 25.2. The minimum absolute atomic E-state index is 0.0444. The number of aryl methyl sites for hydroxylation is 1. The predicted molar refractivity (Wildman–Crippen MR) is 158 cm³/mol. The number of nitrogens with zero attached hydrogens (tertiary/aromatic N) is 3. The number of para-hydroxylation sites is 1. The molecule has 0 atom stereocenters. The van der Waals surface area contributed by atoms with E-state index in [0.717, 1.165) is 34.5 Å². The fourth-order valence-electron chi connectivity index (χ4n) is 4.39. The van der Waals surface area contributed by atoms with Crippen LogP contribution in [-0.2, 0) is 11.2 Å². The normalized spacial score (nSPS) is 14.8. The standard InChI is InChI=1S/C31H29N3OS2/c1-21(2)24-15-14-22(3)27(18-24)29-25(20-34(32-29)26-12-8-5-9-13-26)19-28-30(35)33(31(36)37-28)17-16-23-10-6-4-7-11-23/h4-15,18-21H,16-17H2,1-3H3/b28-19-. The number of aromatic nitrogens is 2. The van der Waals surface area contributed by atoms with Crippen LogP contribution in [0.3, 0.4) is 0 Å². The van der Waals surface area contributed by atoms with Crippen molar-refractivity contribution in [3.8, 4) is 16.9 Å². The molecule has 0 spiro atoms. The molecule has 1 aliphatic rings. The van der Waals surface area contributed by atoms with Gasteiger partial charge in [-0.25, -0.2) is 4.68 Å². The highest BCUT2D eigenvalue weighted by atomic mass is 32.2. The van der Waals surface area contributed by atoms with Crippen LogP contribution in [0.5, 0.6) is 0 Å². The summed E-state index contributed by atoms with van der Waals surface area (Å²) in [6.45, 7) is 7.06. The van der Waals surface area contributed by atoms with E-state index in [0.29, 0.717) is 21.7 Å². The fourth-order valence-corrected chi connectivity index (χ4v) is 5.69. The molecule has 0 unspecified atom stereocenters. The summed E-state index contributed by atoms with van der Waals surface area (Å²) in [6.07, 6.45) is 4.71. The fraction of sp³-hybridized carbons (Fsp3) is 0.194. The van der Waals surface area contributed by atoms with Crippen LogP contribution < -0.4 is 0 Å². The van der Waals surface area contributed by atoms with Gasteiger partial charge in [0.2, 0.25) is 0 Å². The summed E-state index contributed by atoms with van der Waals surface area (Å²) in [5.41, 5.74) is 7.39. The van der Waals surface area contributed by atoms with Crippen LogP contribution in [0.4, 0.5) is 0 Å². The largest absolute Gasteiger partial charge is 0.293 e. The quantitative estimate of drug-likeness (QED) is 0.187. The van der Waals surface area contributed by atoms with Gasteiger partial charge in [0.05, 0.1) is 10.6 Å². The first-order valence-corrected chi connectivity index (χ1v) is 13.7. The van der Waals surface area contributed by atoms with Gasteiger partial charge in [0.25, 0.3) is 5.91 Å². The third-order valence-electron chi connectivity index (χ3n) is 6.57. The molecule has 186 valence electrons. The van der Waals surface area contributed by atoms with Gasteiger partial charge in [0.1, 0.15) is 10.0 Å². The second-order valence-corrected chi connectivity index (χ2v) is 11.2. The molecule has 1 aromatic heterocycles. The zero-order chi connectivity index (χ0) is 25.9. The molecule has 0 bridgehead atoms. The highest BCUT2D eigenvalue weighted by Gasteiger charge is 2.32. The van der Waals surface area contributed by atoms with Gasteiger partial charge < -0.3 is 0 Å². The van der Waals surface area contributed by atoms with Gasteiger partial charge in [-0.05, 0) is 60.2 Å². The Morgan fingerprint density at radius 3 is 2.41 bits per heavy atom. The number of benzene rings is 3. The Labute approximate surface area is 228 Å². The van der Waals surface area contributed by atoms with Crippen molar-refractivity contribution in [2.24, 2.45) is 0 Å². The molecule has 0 saturated carbocycles. The smallest absolute Gasteiger partial charge is 0.266 e. The van der Waals surface area contributed by atoms with E-state index in [1.54, 1.807) is 4.90 Å². The molecule has 3 aromatic carbocycles. The van der Waals surface area contributed by atoms with Crippen LogP contribution in [0.2, 0.25) is 0 Å². The van der Waals surface area contributed by atoms with Gasteiger partial charge >= 0.3 is 0 Å². The Hall–Kier alpha value is -3.48. The van der Waals surface area contributed by atoms with Crippen LogP contribution in [0, 0.1) is 6.92 Å². The summed E-state index contributed by atoms with van der Waals surface area (Å²) in [4.78, 5) is 15.7. The lowest BCUT2D eigenvalue weighted by Gasteiger charge is -2.14. The molecule has 1 amide bonds. The van der Waals surface area contributed by atoms with Gasteiger partial charge in [-0.1, -0.05) is 98.5 Å². The molecule has 6 heteroatoms. The van der Waals surface area contributed by atoms with Gasteiger partial charge in [-0.15, -0.1) is 0 Å². The summed E-state index contributed by atoms with van der Waals surface area (Å²) in [6, 6.07) is 26.8. The summed E-state index contributed by atoms with van der Waals surface area (Å²) in [7, 11) is 0. The Morgan fingerprint density at radius 2 is 1.70 bits per heavy atom. The van der Waals surface area contributed by atoms with Crippen molar-refractivity contribution in [1.29, 1.82) is 0 Å². The lowest BCUT2D eigenvalue weighted by molar-refractivity contribution is -0.122. The van der Waals surface area contributed by atoms with Crippen LogP contribution in [0.25, 0.3) is 23.0 Å². The highest BCUT2D eigenvalue weighted by Crippen LogP contribution is 2.36. The molecular formula is C31H29N3OS2. The minimum Gasteiger partial charge on any atom is -0.293 e. The average molecular weight is 524 g/mol. The Bertz CT molecular complexity index is 1470. The third kappa shape index (κ3) is 5.45. The Kier molecular flexibility index (Phi) is 7.40. The maximum Gasteiger partial charge on any atom is 0.266 e. The van der Waals surface area contributed by atoms with Crippen molar-refractivity contribution in [2.75, 3.05) is 6.54 Å². The van der Waals surface area contributed by atoms with E-state index in [-0.39, 0.29) is 5.91 Å². The monoisotopic (exact) mass is 523 g/mol. The highest BCUT2D eigenvalue weighted by molar-refractivity contribution is 8.26. The van der Waals surface area contributed by atoms with Crippen molar-refractivity contribution in [3.05, 3.63) is 112 Å². The summed E-state index contributed by atoms with van der Waals surface area (Å²) >= 11 is 6.97. The molecule has 1 fully saturated rings. The first-order valence-electron chi connectivity index (χ1n) is 12.5. The average Bonchev–Trinajstić information content (AvgIpc) is 3.44. The van der Waals surface area contributed by atoms with E-state index >= 15 is 0 Å². The number of carbonyl (C=O) groups excluding carboxylic acids is 1. The molecule has 5 rings (SSSR count). The number of carbonyl (C=O) groups is 1. The number of hydrogen-bond donors (Lipinski definition) is 0. The lowest BCUT2D eigenvalue weighted by Crippen LogP contribution is -2.30. The van der Waals surface area contributed by atoms with Gasteiger partial charge in [-0.3, -0.25) is 9.69 Å². The molecule has 4 aromatic rings. The molecule has 1 aliphatic heterocycles. The minimum atomic E-state index is -0.0444. The van der Waals surface area contributed by atoms with Crippen molar-refractivity contribution in [3.63, 3.8) is 0 Å². The summed E-state index contributed by atoms with van der Waals surface area (Å²) < 4.78 is 2.49. The molecular weight excluding hydrogens is 494 g/mol. The molecule has 0 radical (unpaired) electrons. The second kappa shape index (κ2) is 10.9. The number of thiocarbonyl (C=S) groups is 1. The SMILES string of the molecule is Cc1ccc(C(C)C)cc1-c1nn(-c2ccccc2)cc1/C=C1\SC(=S)N(CCc2ccccc2)C1=O. The maximum atomic E-state index is 13.4. The Morgan fingerprint density at radius 1 is 1.00 bits per heavy atom. The lowest BCUT2D eigenvalue weighted by atomic mass is 9.95. The van der Waals surface area contributed by atoms with Crippen molar-refractivity contribution in [2.45, 2.75) is 33.1 Å². The van der Waals surface area contributed by atoms with Crippen molar-refractivity contribution < 1.29 is 4.79 Å². The van der Waals surface area contributed by atoms with Gasteiger partial charge in [-0.2, -0.15) is 5.10 Å². The van der Waals surface area contributed by atoms with Crippen molar-refractivity contribution >= 4 is 40.3 Å². The van der Waals surface area contributed by atoms with Crippen LogP contribution in [0.15, 0.2) is 90.0 Å². The van der Waals surface area contributed by atoms with E-state index < -0.39 is 0 Å². The molecule has 4 nitrogen and oxygen atoms in total. The third-order valence-corrected chi connectivity index (χ3v) is 7.95. The number of rotatable bonds is 7. The summed E-state index contributed by atoms with van der Waals surface area (Å²) in [5.74, 6) is 0.358. The molecule has 2 heterocycles. The van der Waals surface area contributed by atoms with E-state index in [9.17, 15) is 4.79 Å². The van der Waals surface area contributed by atoms with Gasteiger partial charge in [0.15, 0.2) is 0 Å². The van der Waals surface area contributed by atoms with Crippen LogP contribution >= 0.6 is 24.0 Å². The van der Waals surface area contributed by atoms with Gasteiger partial charge in [0, 0.05) is 23.9 Å². The molecule has 0 aliphatic carbocycles. The molecule has 0 N–H and O–H groups in total. The zero-order valence-corrected chi connectivity index (χ0v) is 22.9. The van der Waals surface area contributed by atoms with E-state index in [2.05, 4.69) is 51.1 Å². The Balaban J connectivity index is 1.52. The number of hydrogen-bond acceptors (Lipinski definition) is 4. The topological polar surface area (TPSA) is 38.1 Å². The van der Waals surface area contributed by atoms with Crippen LogP contribution in [-0.4, -0.2) is 31.5 Å². The van der Waals surface area contributed by atoms with E-state index in [1.807, 2.05) is 65.5 Å². The van der Waals surface area contributed by atoms with E-state index in [4.69, 9.17) is 17.3 Å². The molecule has 1 saturated heterocycles. The van der Waals surface area contributed by atoms with Crippen LogP contribution in [0.1, 0.15) is 42.0 Å². The predicted octanol–water partition coefficient (Wildman–Crippen LogP) is 7.42.